The number of anilines is 1. The van der Waals surface area contributed by atoms with Gasteiger partial charge in [0, 0.05) is 12.2 Å². The smallest absolute Gasteiger partial charge is 0.340 e. The van der Waals surface area contributed by atoms with Crippen molar-refractivity contribution in [1.29, 1.82) is 0 Å². The second-order valence-electron chi connectivity index (χ2n) is 5.45. The second-order valence-corrected chi connectivity index (χ2v) is 5.45. The van der Waals surface area contributed by atoms with Crippen LogP contribution in [0.3, 0.4) is 0 Å². The number of carbonyl (C=O) groups is 1. The van der Waals surface area contributed by atoms with Gasteiger partial charge in [-0.2, -0.15) is 0 Å². The highest BCUT2D eigenvalue weighted by Gasteiger charge is 2.12. The van der Waals surface area contributed by atoms with Crippen molar-refractivity contribution < 1.29 is 9.53 Å². The maximum absolute atomic E-state index is 12.4. The molecular formula is C21H19NO2. The van der Waals surface area contributed by atoms with Crippen LogP contribution in [0.15, 0.2) is 84.9 Å². The molecule has 0 bridgehead atoms. The number of rotatable bonds is 6. The summed E-state index contributed by atoms with van der Waals surface area (Å²) in [5.74, 6) is -0.324. The molecule has 3 heteroatoms. The highest BCUT2D eigenvalue weighted by atomic mass is 16.5. The van der Waals surface area contributed by atoms with E-state index >= 15 is 0 Å². The molecule has 0 atom stereocenters. The number of hydrogen-bond acceptors (Lipinski definition) is 3. The van der Waals surface area contributed by atoms with Crippen molar-refractivity contribution in [3.05, 3.63) is 102 Å². The van der Waals surface area contributed by atoms with Crippen molar-refractivity contribution in [1.82, 2.24) is 0 Å². The number of ether oxygens (including phenoxy) is 1. The fourth-order valence-electron chi connectivity index (χ4n) is 2.41. The predicted molar refractivity (Wildman–Crippen MR) is 95.8 cm³/mol. The number of hydrogen-bond donors (Lipinski definition) is 1. The zero-order valence-electron chi connectivity index (χ0n) is 13.3. The van der Waals surface area contributed by atoms with E-state index in [-0.39, 0.29) is 12.6 Å². The van der Waals surface area contributed by atoms with Gasteiger partial charge in [-0.15, -0.1) is 0 Å². The van der Waals surface area contributed by atoms with Crippen LogP contribution in [-0.2, 0) is 17.9 Å². The lowest BCUT2D eigenvalue weighted by Crippen LogP contribution is -2.10. The van der Waals surface area contributed by atoms with Gasteiger partial charge in [-0.25, -0.2) is 4.79 Å². The molecule has 0 aliphatic rings. The molecule has 0 aliphatic carbocycles. The largest absolute Gasteiger partial charge is 0.457 e. The van der Waals surface area contributed by atoms with E-state index < -0.39 is 0 Å². The van der Waals surface area contributed by atoms with E-state index in [0.29, 0.717) is 12.1 Å². The zero-order valence-corrected chi connectivity index (χ0v) is 13.3. The molecule has 0 heterocycles. The summed E-state index contributed by atoms with van der Waals surface area (Å²) in [4.78, 5) is 12.4. The second kappa shape index (κ2) is 7.97. The molecule has 3 aromatic carbocycles. The summed E-state index contributed by atoms with van der Waals surface area (Å²) >= 11 is 0. The quantitative estimate of drug-likeness (QED) is 0.672. The summed E-state index contributed by atoms with van der Waals surface area (Å²) in [6, 6.07) is 27.2. The maximum atomic E-state index is 12.4. The molecule has 3 aromatic rings. The molecule has 0 spiro atoms. The molecule has 0 saturated carbocycles. The molecule has 0 aromatic heterocycles. The lowest BCUT2D eigenvalue weighted by molar-refractivity contribution is 0.0474. The number of nitrogens with one attached hydrogen (secondary N) is 1. The van der Waals surface area contributed by atoms with Gasteiger partial charge in [0.15, 0.2) is 0 Å². The Kier molecular flexibility index (Phi) is 5.25. The van der Waals surface area contributed by atoms with E-state index in [1.165, 1.54) is 0 Å². The first-order chi connectivity index (χ1) is 11.8. The average molecular weight is 317 g/mol. The van der Waals surface area contributed by atoms with Gasteiger partial charge >= 0.3 is 5.97 Å². The third-order valence-electron chi connectivity index (χ3n) is 3.69. The van der Waals surface area contributed by atoms with Gasteiger partial charge in [0.2, 0.25) is 0 Å². The highest BCUT2D eigenvalue weighted by molar-refractivity contribution is 5.95. The van der Waals surface area contributed by atoms with Crippen molar-refractivity contribution in [2.24, 2.45) is 0 Å². The topological polar surface area (TPSA) is 38.3 Å². The van der Waals surface area contributed by atoms with E-state index in [1.807, 2.05) is 78.9 Å². The first kappa shape index (κ1) is 15.8. The van der Waals surface area contributed by atoms with Crippen LogP contribution < -0.4 is 5.32 Å². The van der Waals surface area contributed by atoms with E-state index in [1.54, 1.807) is 6.07 Å². The highest BCUT2D eigenvalue weighted by Crippen LogP contribution is 2.18. The van der Waals surface area contributed by atoms with Gasteiger partial charge in [-0.1, -0.05) is 72.8 Å². The van der Waals surface area contributed by atoms with Gasteiger partial charge in [0.25, 0.3) is 0 Å². The summed E-state index contributed by atoms with van der Waals surface area (Å²) in [7, 11) is 0. The van der Waals surface area contributed by atoms with Crippen LogP contribution in [0.4, 0.5) is 5.69 Å². The molecule has 0 unspecified atom stereocenters. The van der Waals surface area contributed by atoms with E-state index in [0.717, 1.165) is 16.8 Å². The van der Waals surface area contributed by atoms with Crippen LogP contribution >= 0.6 is 0 Å². The molecule has 3 rings (SSSR count). The molecule has 120 valence electrons. The first-order valence-corrected chi connectivity index (χ1v) is 7.91. The minimum atomic E-state index is -0.324. The fourth-order valence-corrected chi connectivity index (χ4v) is 2.41. The van der Waals surface area contributed by atoms with E-state index in [4.69, 9.17) is 4.74 Å². The Labute approximate surface area is 141 Å². The molecular weight excluding hydrogens is 298 g/mol. The lowest BCUT2D eigenvalue weighted by atomic mass is 10.1. The Morgan fingerprint density at radius 3 is 2.04 bits per heavy atom. The maximum Gasteiger partial charge on any atom is 0.340 e. The van der Waals surface area contributed by atoms with Crippen LogP contribution in [0.2, 0.25) is 0 Å². The Morgan fingerprint density at radius 2 is 1.33 bits per heavy atom. The minimum absolute atomic E-state index is 0.271. The third kappa shape index (κ3) is 4.23. The van der Waals surface area contributed by atoms with Crippen LogP contribution in [0.1, 0.15) is 21.5 Å². The van der Waals surface area contributed by atoms with Crippen molar-refractivity contribution in [3.63, 3.8) is 0 Å². The number of esters is 1. The van der Waals surface area contributed by atoms with Gasteiger partial charge < -0.3 is 10.1 Å². The normalized spacial score (nSPS) is 10.2. The van der Waals surface area contributed by atoms with Crippen LogP contribution in [-0.4, -0.2) is 5.97 Å². The molecule has 0 aliphatic heterocycles. The number of carbonyl (C=O) groups excluding carboxylic acids is 1. The lowest BCUT2D eigenvalue weighted by Gasteiger charge is -2.12. The Morgan fingerprint density at radius 1 is 0.750 bits per heavy atom. The Balaban J connectivity index is 1.65. The van der Waals surface area contributed by atoms with E-state index in [9.17, 15) is 4.79 Å². The van der Waals surface area contributed by atoms with Gasteiger partial charge in [0.1, 0.15) is 6.61 Å². The monoisotopic (exact) mass is 317 g/mol. The van der Waals surface area contributed by atoms with Gasteiger partial charge in [0.05, 0.1) is 5.56 Å². The van der Waals surface area contributed by atoms with Crippen molar-refractivity contribution in [2.45, 2.75) is 13.2 Å². The predicted octanol–water partition coefficient (Wildman–Crippen LogP) is 4.66. The summed E-state index contributed by atoms with van der Waals surface area (Å²) < 4.78 is 5.43. The van der Waals surface area contributed by atoms with Crippen LogP contribution in [0, 0.1) is 0 Å². The minimum Gasteiger partial charge on any atom is -0.457 e. The van der Waals surface area contributed by atoms with E-state index in [2.05, 4.69) is 5.32 Å². The SMILES string of the molecule is O=C(OCc1ccccc1)c1ccccc1NCc1ccccc1. The molecule has 1 N–H and O–H groups in total. The van der Waals surface area contributed by atoms with Crippen molar-refractivity contribution in [3.8, 4) is 0 Å². The van der Waals surface area contributed by atoms with Gasteiger partial charge in [-0.05, 0) is 23.3 Å². The van der Waals surface area contributed by atoms with Crippen LogP contribution in [0.5, 0.6) is 0 Å². The average Bonchev–Trinajstić information content (AvgIpc) is 2.66. The molecule has 0 amide bonds. The molecule has 0 saturated heterocycles. The number of benzene rings is 3. The number of para-hydroxylation sites is 1. The van der Waals surface area contributed by atoms with Crippen molar-refractivity contribution >= 4 is 11.7 Å². The first-order valence-electron chi connectivity index (χ1n) is 7.91. The Hall–Kier alpha value is -3.07. The summed E-state index contributed by atoms with van der Waals surface area (Å²) in [5, 5.41) is 3.31. The standard InChI is InChI=1S/C21H19NO2/c23-21(24-16-18-11-5-2-6-12-18)19-13-7-8-14-20(19)22-15-17-9-3-1-4-10-17/h1-14,22H,15-16H2. The fraction of sp³-hybridized carbons (Fsp3) is 0.0952. The molecule has 0 fully saturated rings. The summed E-state index contributed by atoms with van der Waals surface area (Å²) in [6.45, 7) is 0.927. The van der Waals surface area contributed by atoms with Gasteiger partial charge in [-0.3, -0.25) is 0 Å². The third-order valence-corrected chi connectivity index (χ3v) is 3.69. The molecule has 24 heavy (non-hydrogen) atoms. The molecule has 3 nitrogen and oxygen atoms in total. The van der Waals surface area contributed by atoms with Crippen molar-refractivity contribution in [2.75, 3.05) is 5.32 Å². The zero-order chi connectivity index (χ0) is 16.6. The summed E-state index contributed by atoms with van der Waals surface area (Å²) in [5.41, 5.74) is 3.45. The summed E-state index contributed by atoms with van der Waals surface area (Å²) in [6.07, 6.45) is 0. The van der Waals surface area contributed by atoms with Crippen LogP contribution in [0.25, 0.3) is 0 Å². The molecule has 0 radical (unpaired) electrons. The Bertz CT molecular complexity index is 785.